The molecule has 0 aliphatic rings. The molecule has 3 rings (SSSR count). The Morgan fingerprint density at radius 1 is 1.13 bits per heavy atom. The van der Waals surface area contributed by atoms with Gasteiger partial charge in [-0.05, 0) is 62.6 Å². The molecule has 0 saturated carbocycles. The lowest BCUT2D eigenvalue weighted by molar-refractivity contribution is -0.120. The summed E-state index contributed by atoms with van der Waals surface area (Å²) >= 11 is 1.28. The van der Waals surface area contributed by atoms with Gasteiger partial charge in [0.25, 0.3) is 5.56 Å². The van der Waals surface area contributed by atoms with Crippen molar-refractivity contribution in [1.29, 1.82) is 0 Å². The Labute approximate surface area is 187 Å². The largest absolute Gasteiger partial charge is 0.494 e. The van der Waals surface area contributed by atoms with E-state index in [0.717, 1.165) is 12.2 Å². The van der Waals surface area contributed by atoms with Crippen molar-refractivity contribution < 1.29 is 9.53 Å². The van der Waals surface area contributed by atoms with Crippen LogP contribution in [0.15, 0.2) is 58.5 Å². The lowest BCUT2D eigenvalue weighted by atomic mass is 10.1. The molecule has 0 radical (unpaired) electrons. The average Bonchev–Trinajstić information content (AvgIpc) is 2.75. The highest BCUT2D eigenvalue weighted by molar-refractivity contribution is 8.00. The molecule has 1 amide bonds. The standard InChI is InChI=1S/C24H29N3O3S/c1-5-30-19-12-10-18(11-13-19)27-23(29)20-8-6-7-9-21(20)26-24(27)31-17(4)22(28)25-15-14-16(2)3/h6-13,16-17H,5,14-15H2,1-4H3,(H,25,28). The fourth-order valence-corrected chi connectivity index (χ4v) is 4.07. The number of nitrogens with one attached hydrogen (secondary N) is 1. The number of rotatable bonds is 9. The zero-order chi connectivity index (χ0) is 22.4. The van der Waals surface area contributed by atoms with Gasteiger partial charge in [-0.3, -0.25) is 14.2 Å². The number of nitrogens with zero attached hydrogens (tertiary/aromatic N) is 2. The van der Waals surface area contributed by atoms with Crippen molar-refractivity contribution in [2.75, 3.05) is 13.2 Å². The van der Waals surface area contributed by atoms with Gasteiger partial charge in [-0.1, -0.05) is 37.7 Å². The second kappa shape index (κ2) is 10.5. The number of carbonyl (C=O) groups excluding carboxylic acids is 1. The van der Waals surface area contributed by atoms with E-state index in [9.17, 15) is 9.59 Å². The van der Waals surface area contributed by atoms with Gasteiger partial charge in [-0.2, -0.15) is 0 Å². The summed E-state index contributed by atoms with van der Waals surface area (Å²) in [4.78, 5) is 30.6. The number of aromatic nitrogens is 2. The maximum absolute atomic E-state index is 13.3. The molecule has 0 aliphatic carbocycles. The highest BCUT2D eigenvalue weighted by Crippen LogP contribution is 2.26. The number of hydrogen-bond acceptors (Lipinski definition) is 5. The second-order valence-corrected chi connectivity index (χ2v) is 9.02. The third kappa shape index (κ3) is 5.67. The van der Waals surface area contributed by atoms with E-state index in [1.807, 2.05) is 56.3 Å². The van der Waals surface area contributed by atoms with Crippen molar-refractivity contribution in [2.45, 2.75) is 44.5 Å². The van der Waals surface area contributed by atoms with Crippen molar-refractivity contribution >= 4 is 28.6 Å². The minimum absolute atomic E-state index is 0.0636. The van der Waals surface area contributed by atoms with Crippen molar-refractivity contribution in [3.05, 3.63) is 58.9 Å². The molecule has 1 unspecified atom stereocenters. The Morgan fingerprint density at radius 3 is 2.52 bits per heavy atom. The van der Waals surface area contributed by atoms with Crippen LogP contribution in [-0.2, 0) is 4.79 Å². The number of thioether (sulfide) groups is 1. The third-order valence-corrected chi connectivity index (χ3v) is 5.88. The number of fused-ring (bicyclic) bond motifs is 1. The number of para-hydroxylation sites is 1. The van der Waals surface area contributed by atoms with Crippen LogP contribution in [-0.4, -0.2) is 33.9 Å². The molecule has 1 N–H and O–H groups in total. The minimum atomic E-state index is -0.394. The maximum Gasteiger partial charge on any atom is 0.266 e. The number of amides is 1. The first-order valence-electron chi connectivity index (χ1n) is 10.6. The van der Waals surface area contributed by atoms with Crippen LogP contribution < -0.4 is 15.6 Å². The smallest absolute Gasteiger partial charge is 0.266 e. The molecule has 0 spiro atoms. The SMILES string of the molecule is CCOc1ccc(-n2c(SC(C)C(=O)NCCC(C)C)nc3ccccc3c2=O)cc1. The monoisotopic (exact) mass is 439 g/mol. The van der Waals surface area contributed by atoms with Crippen LogP contribution in [0.4, 0.5) is 0 Å². The first kappa shape index (κ1) is 22.9. The van der Waals surface area contributed by atoms with E-state index >= 15 is 0 Å². The Hall–Kier alpha value is -2.80. The molecule has 31 heavy (non-hydrogen) atoms. The Balaban J connectivity index is 1.96. The highest BCUT2D eigenvalue weighted by atomic mass is 32.2. The van der Waals surface area contributed by atoms with Crippen molar-refractivity contribution in [2.24, 2.45) is 5.92 Å². The van der Waals surface area contributed by atoms with Gasteiger partial charge in [-0.15, -0.1) is 0 Å². The van der Waals surface area contributed by atoms with E-state index in [1.54, 1.807) is 10.6 Å². The van der Waals surface area contributed by atoms with Crippen molar-refractivity contribution in [3.8, 4) is 11.4 Å². The van der Waals surface area contributed by atoms with Gasteiger partial charge < -0.3 is 10.1 Å². The molecule has 6 nitrogen and oxygen atoms in total. The average molecular weight is 440 g/mol. The molecule has 1 aromatic heterocycles. The molecule has 0 bridgehead atoms. The van der Waals surface area contributed by atoms with E-state index in [2.05, 4.69) is 19.2 Å². The first-order valence-corrected chi connectivity index (χ1v) is 11.5. The molecule has 1 heterocycles. The third-order valence-electron chi connectivity index (χ3n) is 4.82. The Kier molecular flexibility index (Phi) is 7.74. The number of carbonyl (C=O) groups is 1. The highest BCUT2D eigenvalue weighted by Gasteiger charge is 2.20. The van der Waals surface area contributed by atoms with Gasteiger partial charge in [0, 0.05) is 6.54 Å². The predicted octanol–water partition coefficient (Wildman–Crippen LogP) is 4.43. The lowest BCUT2D eigenvalue weighted by Crippen LogP contribution is -2.33. The summed E-state index contributed by atoms with van der Waals surface area (Å²) in [6.07, 6.45) is 0.925. The normalized spacial score (nSPS) is 12.2. The van der Waals surface area contributed by atoms with Crippen molar-refractivity contribution in [1.82, 2.24) is 14.9 Å². The van der Waals surface area contributed by atoms with Crippen LogP contribution in [0.2, 0.25) is 0 Å². The second-order valence-electron chi connectivity index (χ2n) is 7.71. The van der Waals surface area contributed by atoms with E-state index in [1.165, 1.54) is 11.8 Å². The fraction of sp³-hybridized carbons (Fsp3) is 0.375. The van der Waals surface area contributed by atoms with Gasteiger partial charge in [-0.25, -0.2) is 4.98 Å². The lowest BCUT2D eigenvalue weighted by Gasteiger charge is -2.17. The van der Waals surface area contributed by atoms with Gasteiger partial charge in [0.05, 0.1) is 28.4 Å². The topological polar surface area (TPSA) is 73.2 Å². The molecular formula is C24H29N3O3S. The number of benzene rings is 2. The summed E-state index contributed by atoms with van der Waals surface area (Å²) in [6, 6.07) is 14.6. The summed E-state index contributed by atoms with van der Waals surface area (Å²) < 4.78 is 7.09. The summed E-state index contributed by atoms with van der Waals surface area (Å²) in [5, 5.41) is 3.60. The van der Waals surface area contributed by atoms with Gasteiger partial charge in [0.2, 0.25) is 5.91 Å². The summed E-state index contributed by atoms with van der Waals surface area (Å²) in [6.45, 7) is 9.21. The van der Waals surface area contributed by atoms with Crippen LogP contribution in [0.1, 0.15) is 34.1 Å². The molecular weight excluding hydrogens is 410 g/mol. The quantitative estimate of drug-likeness (QED) is 0.394. The van der Waals surface area contributed by atoms with E-state index in [4.69, 9.17) is 9.72 Å². The van der Waals surface area contributed by atoms with Crippen LogP contribution in [0, 0.1) is 5.92 Å². The Bertz CT molecular complexity index is 1090. The van der Waals surface area contributed by atoms with Gasteiger partial charge in [0.15, 0.2) is 5.16 Å². The number of ether oxygens (including phenoxy) is 1. The summed E-state index contributed by atoms with van der Waals surface area (Å²) in [5.41, 5.74) is 1.14. The maximum atomic E-state index is 13.3. The molecule has 0 fully saturated rings. The van der Waals surface area contributed by atoms with Gasteiger partial charge >= 0.3 is 0 Å². The summed E-state index contributed by atoms with van der Waals surface area (Å²) in [7, 11) is 0. The van der Waals surface area contributed by atoms with Crippen molar-refractivity contribution in [3.63, 3.8) is 0 Å². The first-order chi connectivity index (χ1) is 14.9. The van der Waals surface area contributed by atoms with E-state index in [0.29, 0.717) is 40.8 Å². The zero-order valence-electron chi connectivity index (χ0n) is 18.4. The zero-order valence-corrected chi connectivity index (χ0v) is 19.2. The molecule has 2 aromatic carbocycles. The molecule has 3 aromatic rings. The molecule has 164 valence electrons. The molecule has 0 saturated heterocycles. The molecule has 1 atom stereocenters. The number of hydrogen-bond donors (Lipinski definition) is 1. The van der Waals surface area contributed by atoms with E-state index < -0.39 is 5.25 Å². The molecule has 0 aliphatic heterocycles. The van der Waals surface area contributed by atoms with Gasteiger partial charge in [0.1, 0.15) is 5.75 Å². The van der Waals surface area contributed by atoms with Crippen LogP contribution >= 0.6 is 11.8 Å². The van der Waals surface area contributed by atoms with Crippen LogP contribution in [0.3, 0.4) is 0 Å². The van der Waals surface area contributed by atoms with Crippen LogP contribution in [0.25, 0.3) is 16.6 Å². The summed E-state index contributed by atoms with van der Waals surface area (Å²) in [5.74, 6) is 1.20. The fourth-order valence-electron chi connectivity index (χ4n) is 3.12. The minimum Gasteiger partial charge on any atom is -0.494 e. The van der Waals surface area contributed by atoms with Crippen LogP contribution in [0.5, 0.6) is 5.75 Å². The Morgan fingerprint density at radius 2 is 1.84 bits per heavy atom. The van der Waals surface area contributed by atoms with E-state index in [-0.39, 0.29) is 11.5 Å². The predicted molar refractivity (Wildman–Crippen MR) is 126 cm³/mol. The molecule has 7 heteroatoms.